The number of hydrogen-bond acceptors (Lipinski definition) is 3. The summed E-state index contributed by atoms with van der Waals surface area (Å²) in [5.74, 6) is -0.489. The summed E-state index contributed by atoms with van der Waals surface area (Å²) in [4.78, 5) is 12.9. The van der Waals surface area contributed by atoms with Crippen LogP contribution >= 0.6 is 11.6 Å². The molecule has 0 saturated heterocycles. The Balaban J connectivity index is 2.80. The third-order valence-corrected chi connectivity index (χ3v) is 2.82. The van der Waals surface area contributed by atoms with Crippen LogP contribution in [0.25, 0.3) is 0 Å². The Labute approximate surface area is 106 Å². The fourth-order valence-electron chi connectivity index (χ4n) is 1.29. The van der Waals surface area contributed by atoms with Crippen molar-refractivity contribution in [3.8, 4) is 5.75 Å². The summed E-state index contributed by atoms with van der Waals surface area (Å²) in [5.41, 5.74) is 0. The molecule has 0 aromatic heterocycles. The van der Waals surface area contributed by atoms with Crippen LogP contribution in [-0.2, 0) is 4.79 Å². The highest BCUT2D eigenvalue weighted by molar-refractivity contribution is 6.30. The Morgan fingerprint density at radius 2 is 1.88 bits per heavy atom. The second kappa shape index (κ2) is 5.89. The molecule has 5 heteroatoms. The summed E-state index contributed by atoms with van der Waals surface area (Å²) in [6.07, 6.45) is -0.911. The molecule has 2 unspecified atom stereocenters. The van der Waals surface area contributed by atoms with Gasteiger partial charge < -0.3 is 14.7 Å². The number of rotatable bonds is 5. The van der Waals surface area contributed by atoms with Crippen molar-refractivity contribution >= 4 is 17.6 Å². The summed E-state index contributed by atoms with van der Waals surface area (Å²) in [7, 11) is 3.62. The molecule has 1 rings (SSSR count). The van der Waals surface area contributed by atoms with Gasteiger partial charge in [0, 0.05) is 5.02 Å². The van der Waals surface area contributed by atoms with Crippen LogP contribution in [-0.4, -0.2) is 42.2 Å². The monoisotopic (exact) mass is 257 g/mol. The fourth-order valence-corrected chi connectivity index (χ4v) is 1.41. The van der Waals surface area contributed by atoms with E-state index >= 15 is 0 Å². The molecule has 0 saturated carbocycles. The van der Waals surface area contributed by atoms with Crippen LogP contribution < -0.4 is 4.74 Å². The van der Waals surface area contributed by atoms with E-state index in [0.29, 0.717) is 10.8 Å². The van der Waals surface area contributed by atoms with Gasteiger partial charge in [0.25, 0.3) is 0 Å². The van der Waals surface area contributed by atoms with Gasteiger partial charge in [0.1, 0.15) is 5.75 Å². The van der Waals surface area contributed by atoms with Crippen molar-refractivity contribution in [2.45, 2.75) is 19.1 Å². The van der Waals surface area contributed by atoms with Crippen molar-refractivity contribution < 1.29 is 14.6 Å². The van der Waals surface area contributed by atoms with Gasteiger partial charge in [-0.3, -0.25) is 0 Å². The van der Waals surface area contributed by atoms with Gasteiger partial charge in [0.15, 0.2) is 0 Å². The zero-order chi connectivity index (χ0) is 13.0. The minimum atomic E-state index is -0.985. The van der Waals surface area contributed by atoms with Gasteiger partial charge in [-0.2, -0.15) is 0 Å². The van der Waals surface area contributed by atoms with E-state index in [1.807, 2.05) is 14.1 Å². The van der Waals surface area contributed by atoms with E-state index in [1.165, 1.54) is 0 Å². The molecule has 1 aromatic rings. The lowest BCUT2D eigenvalue weighted by Crippen LogP contribution is -2.45. The highest BCUT2D eigenvalue weighted by Gasteiger charge is 2.28. The highest BCUT2D eigenvalue weighted by Crippen LogP contribution is 2.18. The average molecular weight is 258 g/mol. The first-order chi connectivity index (χ1) is 7.91. The molecular weight excluding hydrogens is 242 g/mol. The summed E-state index contributed by atoms with van der Waals surface area (Å²) in [6, 6.07) is 6.40. The van der Waals surface area contributed by atoms with Crippen LogP contribution in [0.4, 0.5) is 0 Å². The number of benzene rings is 1. The van der Waals surface area contributed by atoms with Crippen molar-refractivity contribution in [1.82, 2.24) is 4.90 Å². The van der Waals surface area contributed by atoms with Gasteiger partial charge in [-0.05, 0) is 45.3 Å². The molecular formula is C12H16ClNO3. The maximum atomic E-state index is 11.1. The third kappa shape index (κ3) is 3.91. The smallest absolute Gasteiger partial charge is 0.346 e. The Hall–Kier alpha value is -1.26. The van der Waals surface area contributed by atoms with Crippen LogP contribution in [0.5, 0.6) is 5.75 Å². The van der Waals surface area contributed by atoms with E-state index in [2.05, 4.69) is 0 Å². The lowest BCUT2D eigenvalue weighted by atomic mass is 10.1. The van der Waals surface area contributed by atoms with E-state index in [9.17, 15) is 4.79 Å². The van der Waals surface area contributed by atoms with Gasteiger partial charge in [-0.1, -0.05) is 11.6 Å². The molecule has 0 fully saturated rings. The van der Waals surface area contributed by atoms with Crippen molar-refractivity contribution in [3.05, 3.63) is 29.3 Å². The molecule has 94 valence electrons. The highest BCUT2D eigenvalue weighted by atomic mass is 35.5. The summed E-state index contributed by atoms with van der Waals surface area (Å²) in [5, 5.41) is 9.72. The van der Waals surface area contributed by atoms with Gasteiger partial charge >= 0.3 is 5.97 Å². The molecule has 0 aliphatic rings. The standard InChI is InChI=1S/C12H16ClNO3/c1-8(14(2)3)11(12(15)16)17-10-6-4-9(13)5-7-10/h4-8,11H,1-3H3,(H,15,16). The second-order valence-corrected chi connectivity index (χ2v) is 4.47. The molecule has 0 spiro atoms. The maximum Gasteiger partial charge on any atom is 0.346 e. The Bertz CT molecular complexity index is 378. The number of hydrogen-bond donors (Lipinski definition) is 1. The van der Waals surface area contributed by atoms with E-state index in [-0.39, 0.29) is 6.04 Å². The van der Waals surface area contributed by atoms with Gasteiger partial charge in [-0.25, -0.2) is 4.79 Å². The zero-order valence-corrected chi connectivity index (χ0v) is 10.8. The molecule has 2 atom stereocenters. The Morgan fingerprint density at radius 1 is 1.35 bits per heavy atom. The first-order valence-electron chi connectivity index (χ1n) is 5.23. The molecule has 4 nitrogen and oxygen atoms in total. The van der Waals surface area contributed by atoms with Crippen molar-refractivity contribution in [2.24, 2.45) is 0 Å². The molecule has 1 N–H and O–H groups in total. The lowest BCUT2D eigenvalue weighted by Gasteiger charge is -2.26. The summed E-state index contributed by atoms with van der Waals surface area (Å²) >= 11 is 5.74. The molecule has 17 heavy (non-hydrogen) atoms. The first kappa shape index (κ1) is 13.8. The third-order valence-electron chi connectivity index (χ3n) is 2.57. The number of aliphatic carboxylic acids is 1. The van der Waals surface area contributed by atoms with Crippen LogP contribution in [0, 0.1) is 0 Å². The molecule has 0 aliphatic heterocycles. The van der Waals surface area contributed by atoms with Crippen molar-refractivity contribution in [3.63, 3.8) is 0 Å². The second-order valence-electron chi connectivity index (χ2n) is 4.03. The van der Waals surface area contributed by atoms with E-state index in [4.69, 9.17) is 21.4 Å². The first-order valence-corrected chi connectivity index (χ1v) is 5.61. The van der Waals surface area contributed by atoms with E-state index in [1.54, 1.807) is 36.1 Å². The summed E-state index contributed by atoms with van der Waals surface area (Å²) in [6.45, 7) is 1.80. The largest absolute Gasteiger partial charge is 0.478 e. The number of carboxylic acid groups (broad SMARTS) is 1. The molecule has 0 bridgehead atoms. The SMILES string of the molecule is CC(C(Oc1ccc(Cl)cc1)C(=O)O)N(C)C. The molecule has 0 radical (unpaired) electrons. The number of likely N-dealkylation sites (N-methyl/N-ethyl adjacent to an activating group) is 1. The lowest BCUT2D eigenvalue weighted by molar-refractivity contribution is -0.147. The molecule has 0 aliphatic carbocycles. The number of carboxylic acids is 1. The number of carbonyl (C=O) groups is 1. The molecule has 0 heterocycles. The number of ether oxygens (including phenoxy) is 1. The predicted molar refractivity (Wildman–Crippen MR) is 66.7 cm³/mol. The van der Waals surface area contributed by atoms with E-state index < -0.39 is 12.1 Å². The fraction of sp³-hybridized carbons (Fsp3) is 0.417. The summed E-state index contributed by atoms with van der Waals surface area (Å²) < 4.78 is 5.45. The van der Waals surface area contributed by atoms with Crippen LogP contribution in [0.1, 0.15) is 6.92 Å². The van der Waals surface area contributed by atoms with E-state index in [0.717, 1.165) is 0 Å². The predicted octanol–water partition coefficient (Wildman–Crippen LogP) is 2.12. The molecule has 1 aromatic carbocycles. The van der Waals surface area contributed by atoms with Crippen molar-refractivity contribution in [1.29, 1.82) is 0 Å². The Morgan fingerprint density at radius 3 is 2.29 bits per heavy atom. The van der Waals surface area contributed by atoms with Gasteiger partial charge in [-0.15, -0.1) is 0 Å². The van der Waals surface area contributed by atoms with Crippen molar-refractivity contribution in [2.75, 3.05) is 14.1 Å². The number of nitrogens with zero attached hydrogens (tertiary/aromatic N) is 1. The zero-order valence-electron chi connectivity index (χ0n) is 10.1. The van der Waals surface area contributed by atoms with Crippen LogP contribution in [0.2, 0.25) is 5.02 Å². The molecule has 0 amide bonds. The van der Waals surface area contributed by atoms with Crippen LogP contribution in [0.15, 0.2) is 24.3 Å². The number of halogens is 1. The van der Waals surface area contributed by atoms with Gasteiger partial charge in [0.2, 0.25) is 6.10 Å². The van der Waals surface area contributed by atoms with Gasteiger partial charge in [0.05, 0.1) is 6.04 Å². The maximum absolute atomic E-state index is 11.1. The average Bonchev–Trinajstić information content (AvgIpc) is 2.26. The Kier molecular flexibility index (Phi) is 4.78. The minimum Gasteiger partial charge on any atom is -0.478 e. The van der Waals surface area contributed by atoms with Crippen LogP contribution in [0.3, 0.4) is 0 Å². The quantitative estimate of drug-likeness (QED) is 0.878. The minimum absolute atomic E-state index is 0.233. The topological polar surface area (TPSA) is 49.8 Å². The normalized spacial score (nSPS) is 14.4.